The molecule has 1 saturated carbocycles. The lowest BCUT2D eigenvalue weighted by atomic mass is 10.1. The molecule has 138 valence electrons. The van der Waals surface area contributed by atoms with Crippen molar-refractivity contribution in [3.8, 4) is 0 Å². The van der Waals surface area contributed by atoms with Crippen molar-refractivity contribution in [2.45, 2.75) is 37.8 Å². The molecule has 0 radical (unpaired) electrons. The van der Waals surface area contributed by atoms with Crippen molar-refractivity contribution in [3.05, 3.63) is 58.1 Å². The van der Waals surface area contributed by atoms with Gasteiger partial charge >= 0.3 is 0 Å². The minimum absolute atomic E-state index is 0.0844. The third-order valence-corrected chi connectivity index (χ3v) is 5.27. The van der Waals surface area contributed by atoms with Crippen LogP contribution in [-0.2, 0) is 4.74 Å². The molecule has 2 fully saturated rings. The van der Waals surface area contributed by atoms with Crippen molar-refractivity contribution < 1.29 is 4.74 Å². The molecule has 1 aromatic carbocycles. The first-order valence-electron chi connectivity index (χ1n) is 9.36. The summed E-state index contributed by atoms with van der Waals surface area (Å²) in [5.74, 6) is 1.22. The fourth-order valence-electron chi connectivity index (χ4n) is 3.60. The third-order valence-electron chi connectivity index (χ3n) is 5.27. The maximum absolute atomic E-state index is 12.4. The van der Waals surface area contributed by atoms with E-state index >= 15 is 0 Å². The molecule has 2 atom stereocenters. The van der Waals surface area contributed by atoms with E-state index in [4.69, 9.17) is 9.72 Å². The zero-order valence-corrected chi connectivity index (χ0v) is 15.1. The summed E-state index contributed by atoms with van der Waals surface area (Å²) in [7, 11) is 0. The van der Waals surface area contributed by atoms with Gasteiger partial charge in [0, 0.05) is 12.0 Å². The highest BCUT2D eigenvalue weighted by atomic mass is 16.5. The van der Waals surface area contributed by atoms with E-state index in [1.165, 1.54) is 0 Å². The molecule has 0 amide bonds. The van der Waals surface area contributed by atoms with Crippen molar-refractivity contribution in [1.82, 2.24) is 19.7 Å². The standard InChI is InChI=1S/C20H21N5O2/c1-12-20(22-16-5-3-2-4-15(16)21-12)23-17-10-27-11-18(17)25-19(26)9-8-14(24-25)13-6-7-13/h2-5,8-9,13,17-18H,6-7,10-11H2,1H3,(H,22,23). The van der Waals surface area contributed by atoms with Gasteiger partial charge in [-0.15, -0.1) is 0 Å². The smallest absolute Gasteiger partial charge is 0.267 e. The zero-order valence-electron chi connectivity index (χ0n) is 15.1. The maximum atomic E-state index is 12.4. The second kappa shape index (κ2) is 6.42. The molecule has 3 aromatic rings. The van der Waals surface area contributed by atoms with E-state index in [9.17, 15) is 4.79 Å². The molecule has 7 nitrogen and oxygen atoms in total. The Morgan fingerprint density at radius 1 is 1.07 bits per heavy atom. The maximum Gasteiger partial charge on any atom is 0.267 e. The van der Waals surface area contributed by atoms with Crippen LogP contribution in [0.4, 0.5) is 5.82 Å². The van der Waals surface area contributed by atoms with Gasteiger partial charge in [-0.25, -0.2) is 14.6 Å². The molecule has 2 unspecified atom stereocenters. The molecule has 7 heteroatoms. The number of benzene rings is 1. The number of hydrogen-bond acceptors (Lipinski definition) is 6. The topological polar surface area (TPSA) is 81.9 Å². The Bertz CT molecular complexity index is 1060. The number of fused-ring (bicyclic) bond motifs is 1. The minimum Gasteiger partial charge on any atom is -0.377 e. The van der Waals surface area contributed by atoms with Crippen molar-refractivity contribution in [2.24, 2.45) is 0 Å². The van der Waals surface area contributed by atoms with Crippen LogP contribution >= 0.6 is 0 Å². The van der Waals surface area contributed by atoms with Gasteiger partial charge in [-0.1, -0.05) is 12.1 Å². The van der Waals surface area contributed by atoms with Gasteiger partial charge in [0.25, 0.3) is 5.56 Å². The largest absolute Gasteiger partial charge is 0.377 e. The van der Waals surface area contributed by atoms with Gasteiger partial charge in [-0.05, 0) is 38.0 Å². The van der Waals surface area contributed by atoms with Gasteiger partial charge in [0.15, 0.2) is 0 Å². The Morgan fingerprint density at radius 2 is 1.85 bits per heavy atom. The number of hydrogen-bond donors (Lipinski definition) is 1. The molecular weight excluding hydrogens is 342 g/mol. The van der Waals surface area contributed by atoms with Crippen LogP contribution in [0.25, 0.3) is 11.0 Å². The fourth-order valence-corrected chi connectivity index (χ4v) is 3.60. The van der Waals surface area contributed by atoms with E-state index in [1.54, 1.807) is 10.7 Å². The van der Waals surface area contributed by atoms with Crippen molar-refractivity contribution in [3.63, 3.8) is 0 Å². The van der Waals surface area contributed by atoms with Crippen LogP contribution in [0, 0.1) is 6.92 Å². The van der Waals surface area contributed by atoms with Gasteiger partial charge < -0.3 is 10.1 Å². The SMILES string of the molecule is Cc1nc2ccccc2nc1NC1COCC1n1nc(C2CC2)ccc1=O. The summed E-state index contributed by atoms with van der Waals surface area (Å²) in [4.78, 5) is 21.8. The molecule has 5 rings (SSSR count). The van der Waals surface area contributed by atoms with Gasteiger partial charge in [0.05, 0.1) is 41.7 Å². The quantitative estimate of drug-likeness (QED) is 0.767. The van der Waals surface area contributed by atoms with E-state index in [0.29, 0.717) is 19.1 Å². The van der Waals surface area contributed by atoms with Crippen LogP contribution in [0.5, 0.6) is 0 Å². The van der Waals surface area contributed by atoms with E-state index in [0.717, 1.165) is 41.1 Å². The van der Waals surface area contributed by atoms with E-state index in [2.05, 4.69) is 15.4 Å². The first-order valence-corrected chi connectivity index (χ1v) is 9.36. The number of anilines is 1. The highest BCUT2D eigenvalue weighted by Gasteiger charge is 2.33. The number of aryl methyl sites for hydroxylation is 1. The van der Waals surface area contributed by atoms with Crippen LogP contribution in [0.15, 0.2) is 41.2 Å². The summed E-state index contributed by atoms with van der Waals surface area (Å²) < 4.78 is 7.27. The summed E-state index contributed by atoms with van der Waals surface area (Å²) in [5.41, 5.74) is 3.44. The summed E-state index contributed by atoms with van der Waals surface area (Å²) in [5, 5.41) is 8.07. The predicted molar refractivity (Wildman–Crippen MR) is 102 cm³/mol. The Kier molecular flexibility index (Phi) is 3.89. The molecule has 0 spiro atoms. The van der Waals surface area contributed by atoms with Gasteiger partial charge in [-0.2, -0.15) is 5.10 Å². The number of nitrogens with zero attached hydrogens (tertiary/aromatic N) is 4. The molecule has 27 heavy (non-hydrogen) atoms. The average Bonchev–Trinajstić information content (AvgIpc) is 3.42. The summed E-state index contributed by atoms with van der Waals surface area (Å²) in [6.07, 6.45) is 2.31. The number of nitrogens with one attached hydrogen (secondary N) is 1. The van der Waals surface area contributed by atoms with E-state index in [1.807, 2.05) is 37.3 Å². The first-order chi connectivity index (χ1) is 13.2. The second-order valence-electron chi connectivity index (χ2n) is 7.32. The number of aromatic nitrogens is 4. The molecule has 2 aromatic heterocycles. The molecule has 1 aliphatic carbocycles. The normalized spacial score (nSPS) is 22.3. The highest BCUT2D eigenvalue weighted by molar-refractivity contribution is 5.76. The van der Waals surface area contributed by atoms with Crippen molar-refractivity contribution in [1.29, 1.82) is 0 Å². The number of ether oxygens (including phenoxy) is 1. The number of para-hydroxylation sites is 2. The van der Waals surface area contributed by atoms with E-state index < -0.39 is 0 Å². The lowest BCUT2D eigenvalue weighted by molar-refractivity contribution is 0.182. The van der Waals surface area contributed by atoms with Gasteiger partial charge in [-0.3, -0.25) is 4.79 Å². The first kappa shape index (κ1) is 16.4. The Labute approximate surface area is 156 Å². The third kappa shape index (κ3) is 3.08. The molecule has 0 bridgehead atoms. The van der Waals surface area contributed by atoms with Crippen molar-refractivity contribution >= 4 is 16.9 Å². The molecule has 3 heterocycles. The van der Waals surface area contributed by atoms with Crippen LogP contribution in [0.1, 0.15) is 36.2 Å². The van der Waals surface area contributed by atoms with Crippen LogP contribution in [0.2, 0.25) is 0 Å². The molecular formula is C20H21N5O2. The van der Waals surface area contributed by atoms with Crippen LogP contribution < -0.4 is 10.9 Å². The Hall–Kier alpha value is -2.80. The number of rotatable bonds is 4. The zero-order chi connectivity index (χ0) is 18.4. The van der Waals surface area contributed by atoms with Crippen molar-refractivity contribution in [2.75, 3.05) is 18.5 Å². The average molecular weight is 363 g/mol. The predicted octanol–water partition coefficient (Wildman–Crippen LogP) is 2.42. The minimum atomic E-state index is -0.163. The Morgan fingerprint density at radius 3 is 2.63 bits per heavy atom. The summed E-state index contributed by atoms with van der Waals surface area (Å²) >= 11 is 0. The molecule has 2 aliphatic rings. The van der Waals surface area contributed by atoms with E-state index in [-0.39, 0.29) is 17.6 Å². The van der Waals surface area contributed by atoms with Gasteiger partial charge in [0.1, 0.15) is 11.9 Å². The lowest BCUT2D eigenvalue weighted by Gasteiger charge is -2.22. The summed E-state index contributed by atoms with van der Waals surface area (Å²) in [6.45, 7) is 2.89. The molecule has 1 saturated heterocycles. The molecule has 1 aliphatic heterocycles. The van der Waals surface area contributed by atoms with Gasteiger partial charge in [0.2, 0.25) is 0 Å². The lowest BCUT2D eigenvalue weighted by Crippen LogP contribution is -2.37. The molecule has 1 N–H and O–H groups in total. The Balaban J connectivity index is 1.46. The highest BCUT2D eigenvalue weighted by Crippen LogP contribution is 2.38. The van der Waals surface area contributed by atoms with Crippen LogP contribution in [-0.4, -0.2) is 39.0 Å². The summed E-state index contributed by atoms with van der Waals surface area (Å²) in [6, 6.07) is 11.0. The monoisotopic (exact) mass is 363 g/mol. The fraction of sp³-hybridized carbons (Fsp3) is 0.400. The second-order valence-corrected chi connectivity index (χ2v) is 7.32. The van der Waals surface area contributed by atoms with Crippen LogP contribution in [0.3, 0.4) is 0 Å².